The van der Waals surface area contributed by atoms with Crippen LogP contribution in [0.25, 0.3) is 17.0 Å². The van der Waals surface area contributed by atoms with Gasteiger partial charge < -0.3 is 15.4 Å². The molecule has 3 amide bonds. The summed E-state index contributed by atoms with van der Waals surface area (Å²) in [6, 6.07) is 7.53. The summed E-state index contributed by atoms with van der Waals surface area (Å²) in [6.45, 7) is 7.48. The number of allylic oxidation sites excluding steroid dienone is 1. The van der Waals surface area contributed by atoms with Gasteiger partial charge in [0.1, 0.15) is 24.2 Å². The molecule has 0 saturated carbocycles. The number of hydrogen-bond acceptors (Lipinski definition) is 7. The fraction of sp³-hybridized carbons (Fsp3) is 0.516. The van der Waals surface area contributed by atoms with E-state index in [4.69, 9.17) is 9.72 Å². The third kappa shape index (κ3) is 7.91. The molecule has 1 fully saturated rings. The quantitative estimate of drug-likeness (QED) is 0.453. The second kappa shape index (κ2) is 13.7. The van der Waals surface area contributed by atoms with Crippen LogP contribution in [0.15, 0.2) is 36.4 Å². The zero-order valence-electron chi connectivity index (χ0n) is 24.3. The van der Waals surface area contributed by atoms with Crippen LogP contribution >= 0.6 is 0 Å². The molecular formula is C31H41N5O5. The molecule has 4 unspecified atom stereocenters. The zero-order valence-corrected chi connectivity index (χ0v) is 24.3. The van der Waals surface area contributed by atoms with Gasteiger partial charge in [0.2, 0.25) is 11.8 Å². The average molecular weight is 564 g/mol. The average Bonchev–Trinajstić information content (AvgIpc) is 2.96. The normalized spacial score (nSPS) is 25.6. The molecule has 10 nitrogen and oxygen atoms in total. The summed E-state index contributed by atoms with van der Waals surface area (Å²) in [5, 5.41) is 7.94. The Labute approximate surface area is 241 Å². The Morgan fingerprint density at radius 1 is 1.00 bits per heavy atom. The molecule has 0 radical (unpaired) electrons. The number of hydrogen-bond donors (Lipinski definition) is 3. The minimum absolute atomic E-state index is 0.164. The minimum atomic E-state index is -0.856. The van der Waals surface area contributed by atoms with Gasteiger partial charge in [-0.05, 0) is 69.6 Å². The van der Waals surface area contributed by atoms with Gasteiger partial charge in [0.25, 0.3) is 5.91 Å². The van der Waals surface area contributed by atoms with Gasteiger partial charge in [-0.3, -0.25) is 24.2 Å². The van der Waals surface area contributed by atoms with Crippen molar-refractivity contribution >= 4 is 40.7 Å². The second-order valence-electron chi connectivity index (χ2n) is 11.2. The number of cyclic esters (lactones) is 1. The van der Waals surface area contributed by atoms with Gasteiger partial charge in [0, 0.05) is 18.4 Å². The number of fused-ring (bicyclic) bond motifs is 4. The van der Waals surface area contributed by atoms with Crippen LogP contribution < -0.4 is 16.1 Å². The molecular weight excluding hydrogens is 522 g/mol. The van der Waals surface area contributed by atoms with E-state index in [1.807, 2.05) is 50.3 Å². The highest BCUT2D eigenvalue weighted by atomic mass is 16.5. The van der Waals surface area contributed by atoms with Gasteiger partial charge in [0.15, 0.2) is 0 Å². The van der Waals surface area contributed by atoms with E-state index in [1.54, 1.807) is 13.8 Å². The largest absolute Gasteiger partial charge is 0.455 e. The Morgan fingerprint density at radius 2 is 1.78 bits per heavy atom. The van der Waals surface area contributed by atoms with E-state index in [1.165, 1.54) is 5.01 Å². The topological polar surface area (TPSA) is 130 Å². The SMILES string of the molecule is CC1NC(=O)C(C(C)C)NC(=O)CCCCC=Cc2ccc3ccc(nc3c2)C(C)OC(=O)C2CCCN(N2)C1=O. The molecule has 4 atom stereocenters. The summed E-state index contributed by atoms with van der Waals surface area (Å²) in [5.41, 5.74) is 5.44. The number of benzene rings is 1. The molecule has 1 saturated heterocycles. The van der Waals surface area contributed by atoms with E-state index >= 15 is 0 Å². The maximum Gasteiger partial charge on any atom is 0.325 e. The van der Waals surface area contributed by atoms with Crippen molar-refractivity contribution < 1.29 is 23.9 Å². The highest BCUT2D eigenvalue weighted by Gasteiger charge is 2.33. The van der Waals surface area contributed by atoms with Crippen LogP contribution in [0.2, 0.25) is 0 Å². The first kappa shape index (κ1) is 30.2. The van der Waals surface area contributed by atoms with E-state index < -0.39 is 36.1 Å². The fourth-order valence-corrected chi connectivity index (χ4v) is 5.06. The maximum absolute atomic E-state index is 13.2. The predicted octanol–water partition coefficient (Wildman–Crippen LogP) is 3.57. The summed E-state index contributed by atoms with van der Waals surface area (Å²) < 4.78 is 5.76. The van der Waals surface area contributed by atoms with Crippen molar-refractivity contribution in [2.24, 2.45) is 5.92 Å². The Morgan fingerprint density at radius 3 is 2.56 bits per heavy atom. The number of carbonyl (C=O) groups is 4. The number of amides is 3. The second-order valence-corrected chi connectivity index (χ2v) is 11.2. The van der Waals surface area contributed by atoms with Crippen LogP contribution in [0.1, 0.15) is 83.6 Å². The van der Waals surface area contributed by atoms with Crippen LogP contribution in [-0.4, -0.2) is 58.4 Å². The number of rotatable bonds is 1. The minimum Gasteiger partial charge on any atom is -0.455 e. The van der Waals surface area contributed by atoms with Crippen molar-refractivity contribution in [1.82, 2.24) is 26.1 Å². The number of ether oxygens (including phenoxy) is 1. The third-order valence-electron chi connectivity index (χ3n) is 7.51. The Kier molecular flexibility index (Phi) is 10.1. The summed E-state index contributed by atoms with van der Waals surface area (Å²) in [7, 11) is 0. The van der Waals surface area contributed by atoms with Crippen LogP contribution in [0.4, 0.5) is 0 Å². The predicted molar refractivity (Wildman–Crippen MR) is 156 cm³/mol. The van der Waals surface area contributed by atoms with E-state index in [-0.39, 0.29) is 17.7 Å². The van der Waals surface area contributed by atoms with Crippen molar-refractivity contribution in [3.63, 3.8) is 0 Å². The highest BCUT2D eigenvalue weighted by Crippen LogP contribution is 2.22. The number of pyridine rings is 1. The molecule has 1 aromatic carbocycles. The molecule has 3 N–H and O–H groups in total. The van der Waals surface area contributed by atoms with E-state index in [0.29, 0.717) is 37.9 Å². The number of esters is 1. The summed E-state index contributed by atoms with van der Waals surface area (Å²) in [5.74, 6) is -1.61. The van der Waals surface area contributed by atoms with Crippen molar-refractivity contribution in [2.45, 2.75) is 90.4 Å². The number of nitrogens with one attached hydrogen (secondary N) is 3. The van der Waals surface area contributed by atoms with Crippen LogP contribution in [0.5, 0.6) is 0 Å². The molecule has 2 aliphatic rings. The van der Waals surface area contributed by atoms with Gasteiger partial charge >= 0.3 is 5.97 Å². The zero-order chi connectivity index (χ0) is 29.5. The molecule has 5 bridgehead atoms. The van der Waals surface area contributed by atoms with Gasteiger partial charge in [-0.15, -0.1) is 0 Å². The molecule has 4 rings (SSSR count). The van der Waals surface area contributed by atoms with E-state index in [0.717, 1.165) is 29.3 Å². The van der Waals surface area contributed by atoms with Gasteiger partial charge in [0.05, 0.1) is 11.2 Å². The highest BCUT2D eigenvalue weighted by molar-refractivity contribution is 5.92. The number of nitrogens with zero attached hydrogens (tertiary/aromatic N) is 2. The van der Waals surface area contributed by atoms with Crippen molar-refractivity contribution in [3.05, 3.63) is 47.7 Å². The smallest absolute Gasteiger partial charge is 0.325 e. The molecule has 2 aromatic rings. The van der Waals surface area contributed by atoms with E-state index in [2.05, 4.69) is 22.1 Å². The van der Waals surface area contributed by atoms with Crippen LogP contribution in [0.3, 0.4) is 0 Å². The molecule has 0 aliphatic carbocycles. The lowest BCUT2D eigenvalue weighted by Crippen LogP contribution is -2.61. The van der Waals surface area contributed by atoms with Crippen LogP contribution in [0, 0.1) is 5.92 Å². The van der Waals surface area contributed by atoms with Gasteiger partial charge in [-0.25, -0.2) is 10.4 Å². The Bertz CT molecular complexity index is 1310. The molecule has 0 spiro atoms. The lowest BCUT2D eigenvalue weighted by Gasteiger charge is -2.35. The van der Waals surface area contributed by atoms with Gasteiger partial charge in [-0.2, -0.15) is 0 Å². The first-order valence-corrected chi connectivity index (χ1v) is 14.6. The molecule has 10 heteroatoms. The third-order valence-corrected chi connectivity index (χ3v) is 7.51. The monoisotopic (exact) mass is 563 g/mol. The fourth-order valence-electron chi connectivity index (χ4n) is 5.06. The van der Waals surface area contributed by atoms with Crippen molar-refractivity contribution in [1.29, 1.82) is 0 Å². The lowest BCUT2D eigenvalue weighted by molar-refractivity contribution is -0.157. The van der Waals surface area contributed by atoms with Gasteiger partial charge in [-0.1, -0.05) is 44.2 Å². The van der Waals surface area contributed by atoms with Crippen molar-refractivity contribution in [2.75, 3.05) is 6.54 Å². The Hall–Kier alpha value is -3.79. The summed E-state index contributed by atoms with van der Waals surface area (Å²) >= 11 is 0. The lowest BCUT2D eigenvalue weighted by atomic mass is 10.0. The summed E-state index contributed by atoms with van der Waals surface area (Å²) in [4.78, 5) is 56.7. The first-order valence-electron chi connectivity index (χ1n) is 14.6. The number of aromatic nitrogens is 1. The number of carbonyl (C=O) groups excluding carboxylic acids is 4. The molecule has 3 heterocycles. The van der Waals surface area contributed by atoms with E-state index in [9.17, 15) is 19.2 Å². The molecule has 41 heavy (non-hydrogen) atoms. The maximum atomic E-state index is 13.2. The van der Waals surface area contributed by atoms with Crippen molar-refractivity contribution in [3.8, 4) is 0 Å². The molecule has 220 valence electrons. The molecule has 2 aliphatic heterocycles. The molecule has 1 aromatic heterocycles. The first-order chi connectivity index (χ1) is 19.6. The van der Waals surface area contributed by atoms with Crippen LogP contribution in [-0.2, 0) is 23.9 Å². The number of hydrazine groups is 1. The summed E-state index contributed by atoms with van der Waals surface area (Å²) in [6.07, 6.45) is 7.30. The standard InChI is InChI=1S/C31H41N5O5/c1-19(2)28-29(38)32-20(3)30(39)36-17-9-11-25(35-36)31(40)41-21(4)24-16-15-23-14-13-22(18-26(23)33-24)10-7-5-6-8-12-27(37)34-28/h7,10,13-16,18-21,25,28,35H,5-6,8-9,11-12,17H2,1-4H3,(H,32,38)(H,34,37). The Balaban J connectivity index is 1.56.